The van der Waals surface area contributed by atoms with Crippen molar-refractivity contribution in [3.05, 3.63) is 30.2 Å². The van der Waals surface area contributed by atoms with Crippen molar-refractivity contribution in [2.75, 3.05) is 7.11 Å². The molecule has 0 amide bonds. The third kappa shape index (κ3) is 1.46. The van der Waals surface area contributed by atoms with Gasteiger partial charge in [0.1, 0.15) is 0 Å². The number of hydrogen-bond acceptors (Lipinski definition) is 3. The maximum Gasteiger partial charge on any atom is 0.215 e. The minimum atomic E-state index is 0.664. The van der Waals surface area contributed by atoms with Crippen molar-refractivity contribution >= 4 is 0 Å². The van der Waals surface area contributed by atoms with E-state index in [-0.39, 0.29) is 0 Å². The number of rotatable bonds is 2. The fourth-order valence-electron chi connectivity index (χ4n) is 1.34. The molecule has 0 bridgehead atoms. The Morgan fingerprint density at radius 1 is 1.29 bits per heavy atom. The molecule has 2 rings (SSSR count). The molecular weight excluding hydrogens is 178 g/mol. The van der Waals surface area contributed by atoms with Crippen LogP contribution in [0.4, 0.5) is 0 Å². The van der Waals surface area contributed by atoms with Gasteiger partial charge in [0.2, 0.25) is 5.88 Å². The molecule has 0 aromatic carbocycles. The van der Waals surface area contributed by atoms with Crippen molar-refractivity contribution in [2.45, 2.75) is 6.92 Å². The maximum atomic E-state index is 5.08. The Balaban J connectivity index is 2.43. The lowest BCUT2D eigenvalue weighted by molar-refractivity contribution is 0.394. The molecule has 2 heterocycles. The summed E-state index contributed by atoms with van der Waals surface area (Å²) in [5.74, 6) is 0.664. The number of pyridine rings is 1. The van der Waals surface area contributed by atoms with Crippen LogP contribution in [0.15, 0.2) is 24.7 Å². The molecule has 0 radical (unpaired) electrons. The highest BCUT2D eigenvalue weighted by molar-refractivity contribution is 5.61. The van der Waals surface area contributed by atoms with Gasteiger partial charge in [0.05, 0.1) is 13.3 Å². The second kappa shape index (κ2) is 3.49. The predicted molar refractivity (Wildman–Crippen MR) is 53.1 cm³/mol. The summed E-state index contributed by atoms with van der Waals surface area (Å²) in [6.45, 7) is 1.97. The molecule has 4 heteroatoms. The molecule has 2 aromatic rings. The summed E-state index contributed by atoms with van der Waals surface area (Å²) in [6, 6.07) is 2.02. The first-order valence-corrected chi connectivity index (χ1v) is 4.31. The van der Waals surface area contributed by atoms with E-state index >= 15 is 0 Å². The predicted octanol–water partition coefficient (Wildman–Crippen LogP) is 1.79. The molecule has 2 aromatic heterocycles. The number of aryl methyl sites for hydroxylation is 1. The number of hydrogen-bond donors (Lipinski definition) is 1. The van der Waals surface area contributed by atoms with Crippen LogP contribution in [0.2, 0.25) is 0 Å². The van der Waals surface area contributed by atoms with Crippen LogP contribution in [0, 0.1) is 6.92 Å². The minimum Gasteiger partial charge on any atom is -0.481 e. The average molecular weight is 189 g/mol. The van der Waals surface area contributed by atoms with E-state index < -0.39 is 0 Å². The Morgan fingerprint density at radius 2 is 2.14 bits per heavy atom. The Bertz CT molecular complexity index is 423. The van der Waals surface area contributed by atoms with Crippen LogP contribution in [0.5, 0.6) is 5.88 Å². The largest absolute Gasteiger partial charge is 0.481 e. The Labute approximate surface area is 81.9 Å². The molecule has 1 N–H and O–H groups in total. The van der Waals surface area contributed by atoms with Crippen LogP contribution in [-0.4, -0.2) is 22.3 Å². The summed E-state index contributed by atoms with van der Waals surface area (Å²) in [5, 5.41) is 6.65. The first-order valence-electron chi connectivity index (χ1n) is 4.31. The molecular formula is C10H11N3O. The van der Waals surface area contributed by atoms with Crippen LogP contribution in [0.3, 0.4) is 0 Å². The van der Waals surface area contributed by atoms with Crippen LogP contribution in [0.1, 0.15) is 5.56 Å². The molecule has 0 atom stereocenters. The van der Waals surface area contributed by atoms with Crippen LogP contribution >= 0.6 is 0 Å². The van der Waals surface area contributed by atoms with Gasteiger partial charge in [-0.3, -0.25) is 5.10 Å². The smallest absolute Gasteiger partial charge is 0.215 e. The highest BCUT2D eigenvalue weighted by atomic mass is 16.5. The van der Waals surface area contributed by atoms with E-state index in [1.54, 1.807) is 19.5 Å². The van der Waals surface area contributed by atoms with Gasteiger partial charge in [-0.2, -0.15) is 5.10 Å². The van der Waals surface area contributed by atoms with Gasteiger partial charge in [-0.25, -0.2) is 4.98 Å². The number of nitrogens with one attached hydrogen (secondary N) is 1. The van der Waals surface area contributed by atoms with Crippen molar-refractivity contribution in [3.8, 4) is 17.0 Å². The molecule has 0 aliphatic heterocycles. The van der Waals surface area contributed by atoms with Crippen LogP contribution < -0.4 is 4.74 Å². The second-order valence-electron chi connectivity index (χ2n) is 3.04. The average Bonchev–Trinajstić information content (AvgIpc) is 2.70. The topological polar surface area (TPSA) is 50.8 Å². The van der Waals surface area contributed by atoms with Gasteiger partial charge in [-0.15, -0.1) is 0 Å². The number of ether oxygens (including phenoxy) is 1. The van der Waals surface area contributed by atoms with Gasteiger partial charge < -0.3 is 4.74 Å². The zero-order chi connectivity index (χ0) is 9.97. The van der Waals surface area contributed by atoms with Gasteiger partial charge in [0.25, 0.3) is 0 Å². The number of H-pyrrole nitrogens is 1. The molecule has 0 aliphatic rings. The normalized spacial score (nSPS) is 10.1. The maximum absolute atomic E-state index is 5.08. The van der Waals surface area contributed by atoms with E-state index in [1.807, 2.05) is 19.2 Å². The lowest BCUT2D eigenvalue weighted by Gasteiger charge is -2.04. The summed E-state index contributed by atoms with van der Waals surface area (Å²) in [7, 11) is 1.62. The van der Waals surface area contributed by atoms with Crippen LogP contribution in [0.25, 0.3) is 11.1 Å². The van der Waals surface area contributed by atoms with Crippen molar-refractivity contribution in [1.29, 1.82) is 0 Å². The minimum absolute atomic E-state index is 0.664. The SMILES string of the molecule is COc1ncc(-c2cn[nH]c2)cc1C. The quantitative estimate of drug-likeness (QED) is 0.783. The van der Waals surface area contributed by atoms with Gasteiger partial charge in [-0.05, 0) is 13.0 Å². The van der Waals surface area contributed by atoms with Gasteiger partial charge >= 0.3 is 0 Å². The van der Waals surface area contributed by atoms with E-state index in [9.17, 15) is 0 Å². The number of nitrogens with zero attached hydrogens (tertiary/aromatic N) is 2. The van der Waals surface area contributed by atoms with E-state index in [0.717, 1.165) is 16.7 Å². The lowest BCUT2D eigenvalue weighted by atomic mass is 10.1. The second-order valence-corrected chi connectivity index (χ2v) is 3.04. The highest BCUT2D eigenvalue weighted by Crippen LogP contribution is 2.22. The van der Waals surface area contributed by atoms with E-state index in [4.69, 9.17) is 4.74 Å². The number of methoxy groups -OCH3 is 1. The van der Waals surface area contributed by atoms with E-state index in [2.05, 4.69) is 15.2 Å². The van der Waals surface area contributed by atoms with Crippen molar-refractivity contribution in [2.24, 2.45) is 0 Å². The Kier molecular flexibility index (Phi) is 2.18. The molecule has 0 saturated heterocycles. The lowest BCUT2D eigenvalue weighted by Crippen LogP contribution is -1.91. The standard InChI is InChI=1S/C10H11N3O/c1-7-3-8(4-11-10(7)14-2)9-5-12-13-6-9/h3-6H,1-2H3,(H,12,13). The third-order valence-electron chi connectivity index (χ3n) is 2.06. The van der Waals surface area contributed by atoms with Gasteiger partial charge in [-0.1, -0.05) is 0 Å². The zero-order valence-corrected chi connectivity index (χ0v) is 8.11. The first kappa shape index (κ1) is 8.74. The molecule has 0 spiro atoms. The number of aromatic nitrogens is 3. The summed E-state index contributed by atoms with van der Waals surface area (Å²) in [6.07, 6.45) is 5.38. The summed E-state index contributed by atoms with van der Waals surface area (Å²) in [5.41, 5.74) is 3.09. The van der Waals surface area contributed by atoms with E-state index in [1.165, 1.54) is 0 Å². The summed E-state index contributed by atoms with van der Waals surface area (Å²) < 4.78 is 5.08. The molecule has 0 fully saturated rings. The van der Waals surface area contributed by atoms with Crippen molar-refractivity contribution in [3.63, 3.8) is 0 Å². The first-order chi connectivity index (χ1) is 6.81. The van der Waals surface area contributed by atoms with Crippen molar-refractivity contribution < 1.29 is 4.74 Å². The zero-order valence-electron chi connectivity index (χ0n) is 8.11. The van der Waals surface area contributed by atoms with Gasteiger partial charge in [0.15, 0.2) is 0 Å². The molecule has 0 aliphatic carbocycles. The fraction of sp³-hybridized carbons (Fsp3) is 0.200. The van der Waals surface area contributed by atoms with Crippen LogP contribution in [-0.2, 0) is 0 Å². The molecule has 4 nitrogen and oxygen atoms in total. The Hall–Kier alpha value is -1.84. The van der Waals surface area contributed by atoms with E-state index in [0.29, 0.717) is 5.88 Å². The molecule has 0 unspecified atom stereocenters. The fourth-order valence-corrected chi connectivity index (χ4v) is 1.34. The number of aromatic amines is 1. The third-order valence-corrected chi connectivity index (χ3v) is 2.06. The Morgan fingerprint density at radius 3 is 2.71 bits per heavy atom. The summed E-state index contributed by atoms with van der Waals surface area (Å²) >= 11 is 0. The molecule has 0 saturated carbocycles. The monoisotopic (exact) mass is 189 g/mol. The molecule has 72 valence electrons. The molecule has 14 heavy (non-hydrogen) atoms. The van der Waals surface area contributed by atoms with Gasteiger partial charge in [0, 0.05) is 29.1 Å². The van der Waals surface area contributed by atoms with Crippen molar-refractivity contribution in [1.82, 2.24) is 15.2 Å². The summed E-state index contributed by atoms with van der Waals surface area (Å²) in [4.78, 5) is 4.19. The highest BCUT2D eigenvalue weighted by Gasteiger charge is 2.03.